The van der Waals surface area contributed by atoms with Gasteiger partial charge >= 0.3 is 5.97 Å². The molecule has 0 radical (unpaired) electrons. The number of likely N-dealkylation sites (tertiary alicyclic amines) is 1. The topological polar surface area (TPSA) is 70.5 Å². The van der Waals surface area contributed by atoms with Crippen LogP contribution in [0, 0.1) is 17.2 Å². The Morgan fingerprint density at radius 3 is 2.50 bits per heavy atom. The molecule has 0 atom stereocenters. The highest BCUT2D eigenvalue weighted by molar-refractivity contribution is 5.94. The molecule has 1 aliphatic rings. The summed E-state index contributed by atoms with van der Waals surface area (Å²) in [6.45, 7) is 2.01. The Morgan fingerprint density at radius 2 is 1.95 bits per heavy atom. The number of hydrogen-bond donors (Lipinski definition) is 1. The smallest absolute Gasteiger partial charge is 0.309 e. The van der Waals surface area contributed by atoms with Gasteiger partial charge < -0.3 is 10.0 Å². The van der Waals surface area contributed by atoms with Gasteiger partial charge in [-0.1, -0.05) is 0 Å². The first kappa shape index (κ1) is 14.4. The van der Waals surface area contributed by atoms with Crippen molar-refractivity contribution in [2.45, 2.75) is 19.8 Å². The van der Waals surface area contributed by atoms with E-state index in [1.807, 2.05) is 0 Å². The van der Waals surface area contributed by atoms with E-state index < -0.39 is 29.1 Å². The highest BCUT2D eigenvalue weighted by Gasteiger charge is 2.38. The Bertz CT molecular complexity index is 555. The molecule has 0 aromatic carbocycles. The first-order chi connectivity index (χ1) is 9.35. The Kier molecular flexibility index (Phi) is 3.69. The lowest BCUT2D eigenvalue weighted by Gasteiger charge is -2.36. The average Bonchev–Trinajstić information content (AvgIpc) is 2.42. The molecule has 7 heteroatoms. The molecule has 108 valence electrons. The molecule has 1 aliphatic heterocycles. The number of hydrogen-bond acceptors (Lipinski definition) is 3. The average molecular weight is 284 g/mol. The second-order valence-corrected chi connectivity index (χ2v) is 5.12. The van der Waals surface area contributed by atoms with Crippen LogP contribution in [-0.2, 0) is 4.79 Å². The number of carboxylic acids is 1. The highest BCUT2D eigenvalue weighted by Crippen LogP contribution is 2.31. The minimum Gasteiger partial charge on any atom is -0.481 e. The molecule has 0 bridgehead atoms. The summed E-state index contributed by atoms with van der Waals surface area (Å²) in [5, 5.41) is 9.10. The van der Waals surface area contributed by atoms with Crippen molar-refractivity contribution in [1.29, 1.82) is 0 Å². The van der Waals surface area contributed by atoms with Gasteiger partial charge in [0.2, 0.25) is 5.95 Å². The van der Waals surface area contributed by atoms with E-state index in [9.17, 15) is 18.4 Å². The number of nitrogens with zero attached hydrogens (tertiary/aromatic N) is 2. The van der Waals surface area contributed by atoms with E-state index in [1.54, 1.807) is 6.92 Å². The number of piperidine rings is 1. The molecule has 0 spiro atoms. The van der Waals surface area contributed by atoms with Crippen molar-refractivity contribution in [2.75, 3.05) is 13.1 Å². The van der Waals surface area contributed by atoms with Crippen molar-refractivity contribution in [3.05, 3.63) is 29.6 Å². The predicted octanol–water partition coefficient (Wildman–Crippen LogP) is 1.69. The first-order valence-electron chi connectivity index (χ1n) is 6.18. The lowest BCUT2D eigenvalue weighted by molar-refractivity contribution is -0.150. The molecule has 1 fully saturated rings. The summed E-state index contributed by atoms with van der Waals surface area (Å²) in [6, 6.07) is 1.12. The van der Waals surface area contributed by atoms with Gasteiger partial charge in [-0.05, 0) is 25.8 Å². The van der Waals surface area contributed by atoms with Gasteiger partial charge in [-0.15, -0.1) is 0 Å². The normalized spacial score (nSPS) is 17.9. The van der Waals surface area contributed by atoms with Gasteiger partial charge in [-0.2, -0.15) is 4.39 Å². The van der Waals surface area contributed by atoms with Crippen LogP contribution < -0.4 is 0 Å². The Balaban J connectivity index is 2.13. The lowest BCUT2D eigenvalue weighted by Crippen LogP contribution is -2.45. The Hall–Kier alpha value is -2.05. The maximum Gasteiger partial charge on any atom is 0.309 e. The van der Waals surface area contributed by atoms with Crippen molar-refractivity contribution in [3.63, 3.8) is 0 Å². The summed E-state index contributed by atoms with van der Waals surface area (Å²) >= 11 is 0. The Morgan fingerprint density at radius 1 is 1.35 bits per heavy atom. The molecule has 2 rings (SSSR count). The monoisotopic (exact) mass is 284 g/mol. The largest absolute Gasteiger partial charge is 0.481 e. The molecule has 1 aromatic rings. The van der Waals surface area contributed by atoms with Crippen LogP contribution in [0.15, 0.2) is 12.3 Å². The molecule has 0 unspecified atom stereocenters. The van der Waals surface area contributed by atoms with Crippen LogP contribution in [0.1, 0.15) is 30.1 Å². The van der Waals surface area contributed by atoms with Gasteiger partial charge in [-0.25, -0.2) is 9.37 Å². The van der Waals surface area contributed by atoms with Crippen molar-refractivity contribution in [1.82, 2.24) is 9.88 Å². The molecular weight excluding hydrogens is 270 g/mol. The van der Waals surface area contributed by atoms with Crippen molar-refractivity contribution in [3.8, 4) is 0 Å². The summed E-state index contributed by atoms with van der Waals surface area (Å²) in [4.78, 5) is 27.7. The number of carbonyl (C=O) groups is 2. The van der Waals surface area contributed by atoms with Crippen LogP contribution in [0.25, 0.3) is 0 Å². The standard InChI is InChI=1S/C13H14F2N2O3/c1-13(12(19)20)3-6-17(7-4-13)11(18)8-2-5-16-10(15)9(8)14/h2,5H,3-4,6-7H2,1H3,(H,19,20). The fourth-order valence-electron chi connectivity index (χ4n) is 2.17. The molecule has 5 nitrogen and oxygen atoms in total. The molecule has 1 amide bonds. The van der Waals surface area contributed by atoms with Gasteiger partial charge in [-0.3, -0.25) is 9.59 Å². The maximum atomic E-state index is 13.5. The summed E-state index contributed by atoms with van der Waals surface area (Å²) in [5.74, 6) is -4.14. The number of amides is 1. The number of carbonyl (C=O) groups excluding carboxylic acids is 1. The lowest BCUT2D eigenvalue weighted by atomic mass is 9.80. The summed E-state index contributed by atoms with van der Waals surface area (Å²) < 4.78 is 26.5. The molecule has 1 N–H and O–H groups in total. The van der Waals surface area contributed by atoms with Crippen molar-refractivity contribution in [2.24, 2.45) is 5.41 Å². The number of halogens is 2. The second kappa shape index (κ2) is 5.15. The van der Waals surface area contributed by atoms with E-state index in [0.717, 1.165) is 12.3 Å². The zero-order valence-corrected chi connectivity index (χ0v) is 10.9. The van der Waals surface area contributed by atoms with Crippen LogP contribution >= 0.6 is 0 Å². The van der Waals surface area contributed by atoms with E-state index in [2.05, 4.69) is 4.98 Å². The van der Waals surface area contributed by atoms with Gasteiger partial charge in [0.1, 0.15) is 0 Å². The van der Waals surface area contributed by atoms with Crippen LogP contribution in [0.5, 0.6) is 0 Å². The van der Waals surface area contributed by atoms with E-state index in [1.165, 1.54) is 4.90 Å². The maximum absolute atomic E-state index is 13.5. The third-order valence-corrected chi connectivity index (χ3v) is 3.75. The van der Waals surface area contributed by atoms with E-state index in [0.29, 0.717) is 0 Å². The summed E-state index contributed by atoms with van der Waals surface area (Å²) in [7, 11) is 0. The van der Waals surface area contributed by atoms with Gasteiger partial charge in [0.15, 0.2) is 5.82 Å². The summed E-state index contributed by atoms with van der Waals surface area (Å²) in [5.41, 5.74) is -1.25. The number of aliphatic carboxylic acids is 1. The second-order valence-electron chi connectivity index (χ2n) is 5.12. The zero-order valence-electron chi connectivity index (χ0n) is 10.9. The van der Waals surface area contributed by atoms with Crippen LogP contribution in [0.2, 0.25) is 0 Å². The molecule has 1 aromatic heterocycles. The number of carboxylic acid groups (broad SMARTS) is 1. The number of pyridine rings is 1. The third-order valence-electron chi connectivity index (χ3n) is 3.75. The van der Waals surface area contributed by atoms with Gasteiger partial charge in [0.05, 0.1) is 11.0 Å². The SMILES string of the molecule is CC1(C(=O)O)CCN(C(=O)c2ccnc(F)c2F)CC1. The zero-order chi connectivity index (χ0) is 14.9. The fourth-order valence-corrected chi connectivity index (χ4v) is 2.17. The van der Waals surface area contributed by atoms with Crippen molar-refractivity contribution >= 4 is 11.9 Å². The minimum absolute atomic E-state index is 0.199. The Labute approximate surface area is 114 Å². The summed E-state index contributed by atoms with van der Waals surface area (Å²) in [6.07, 6.45) is 1.59. The van der Waals surface area contributed by atoms with Crippen LogP contribution in [0.4, 0.5) is 8.78 Å². The fraction of sp³-hybridized carbons (Fsp3) is 0.462. The molecular formula is C13H14F2N2O3. The number of rotatable bonds is 2. The van der Waals surface area contributed by atoms with Gasteiger partial charge in [0, 0.05) is 19.3 Å². The van der Waals surface area contributed by atoms with E-state index >= 15 is 0 Å². The molecule has 1 saturated heterocycles. The highest BCUT2D eigenvalue weighted by atomic mass is 19.2. The quantitative estimate of drug-likeness (QED) is 0.839. The van der Waals surface area contributed by atoms with Crippen molar-refractivity contribution < 1.29 is 23.5 Å². The molecule has 2 heterocycles. The number of aromatic nitrogens is 1. The first-order valence-corrected chi connectivity index (χ1v) is 6.18. The van der Waals surface area contributed by atoms with Crippen LogP contribution in [0.3, 0.4) is 0 Å². The third kappa shape index (κ3) is 2.48. The van der Waals surface area contributed by atoms with Crippen LogP contribution in [-0.4, -0.2) is 40.0 Å². The molecule has 20 heavy (non-hydrogen) atoms. The molecule has 0 saturated carbocycles. The minimum atomic E-state index is -1.32. The predicted molar refractivity (Wildman–Crippen MR) is 65.0 cm³/mol. The molecule has 0 aliphatic carbocycles. The van der Waals surface area contributed by atoms with E-state index in [-0.39, 0.29) is 31.5 Å². The van der Waals surface area contributed by atoms with E-state index in [4.69, 9.17) is 5.11 Å². The van der Waals surface area contributed by atoms with Gasteiger partial charge in [0.25, 0.3) is 5.91 Å².